The average molecular weight is 354 g/mol. The summed E-state index contributed by atoms with van der Waals surface area (Å²) in [5.74, 6) is 0.0823. The molecule has 4 heterocycles. The van der Waals surface area contributed by atoms with Gasteiger partial charge < -0.3 is 4.90 Å². The molecule has 0 spiro atoms. The Labute approximate surface area is 150 Å². The Kier molecular flexibility index (Phi) is 4.32. The standard InChI is InChI=1S/C18H22N6O2/c1-13-6-10-22(21-13)11-7-17(25)23-9-3-2-4-15(23)14-12-18(26)24-16(20-14)5-8-19-24/h5-6,8,10,12,15,19H,2-4,7,9,11H2,1H3/t15-/m1/s1. The predicted molar refractivity (Wildman–Crippen MR) is 95.7 cm³/mol. The fourth-order valence-electron chi connectivity index (χ4n) is 3.60. The predicted octanol–water partition coefficient (Wildman–Crippen LogP) is 1.67. The van der Waals surface area contributed by atoms with Crippen molar-refractivity contribution in [1.82, 2.24) is 29.3 Å². The zero-order valence-corrected chi connectivity index (χ0v) is 14.8. The number of aromatic amines is 1. The van der Waals surface area contributed by atoms with Crippen molar-refractivity contribution < 1.29 is 4.79 Å². The molecule has 4 rings (SSSR count). The summed E-state index contributed by atoms with van der Waals surface area (Å²) in [4.78, 5) is 31.6. The van der Waals surface area contributed by atoms with E-state index in [1.165, 1.54) is 10.6 Å². The van der Waals surface area contributed by atoms with Gasteiger partial charge in [0.2, 0.25) is 5.91 Å². The minimum atomic E-state index is -0.153. The summed E-state index contributed by atoms with van der Waals surface area (Å²) in [5.41, 5.74) is 2.05. The number of likely N-dealkylation sites (tertiary alicyclic amines) is 1. The molecule has 1 saturated heterocycles. The van der Waals surface area contributed by atoms with E-state index in [2.05, 4.69) is 15.2 Å². The normalized spacial score (nSPS) is 17.7. The molecule has 0 aliphatic carbocycles. The van der Waals surface area contributed by atoms with Gasteiger partial charge in [0, 0.05) is 44.0 Å². The Morgan fingerprint density at radius 2 is 2.23 bits per heavy atom. The smallest absolute Gasteiger partial charge is 0.272 e. The van der Waals surface area contributed by atoms with Crippen molar-refractivity contribution in [3.05, 3.63) is 52.3 Å². The molecule has 0 saturated carbocycles. The van der Waals surface area contributed by atoms with E-state index in [1.807, 2.05) is 24.1 Å². The van der Waals surface area contributed by atoms with Crippen LogP contribution in [0.3, 0.4) is 0 Å². The number of hydrogen-bond acceptors (Lipinski definition) is 4. The highest BCUT2D eigenvalue weighted by molar-refractivity contribution is 5.76. The summed E-state index contributed by atoms with van der Waals surface area (Å²) < 4.78 is 3.20. The van der Waals surface area contributed by atoms with Gasteiger partial charge in [0.25, 0.3) is 5.56 Å². The number of nitrogens with one attached hydrogen (secondary N) is 1. The van der Waals surface area contributed by atoms with Crippen LogP contribution in [0.5, 0.6) is 0 Å². The lowest BCUT2D eigenvalue weighted by Gasteiger charge is -2.35. The average Bonchev–Trinajstić information content (AvgIpc) is 3.28. The van der Waals surface area contributed by atoms with Crippen LogP contribution in [0.1, 0.15) is 43.1 Å². The molecule has 1 aliphatic rings. The molecule has 26 heavy (non-hydrogen) atoms. The minimum Gasteiger partial charge on any atom is -0.334 e. The fraction of sp³-hybridized carbons (Fsp3) is 0.444. The summed E-state index contributed by atoms with van der Waals surface area (Å²) >= 11 is 0. The third kappa shape index (κ3) is 3.14. The van der Waals surface area contributed by atoms with Crippen LogP contribution in [0.25, 0.3) is 5.65 Å². The summed E-state index contributed by atoms with van der Waals surface area (Å²) in [6.07, 6.45) is 6.81. The second-order valence-corrected chi connectivity index (χ2v) is 6.74. The van der Waals surface area contributed by atoms with E-state index in [1.54, 1.807) is 16.9 Å². The number of carbonyl (C=O) groups is 1. The lowest BCUT2D eigenvalue weighted by molar-refractivity contribution is -0.135. The Morgan fingerprint density at radius 1 is 1.35 bits per heavy atom. The van der Waals surface area contributed by atoms with Gasteiger partial charge in [-0.2, -0.15) is 5.10 Å². The van der Waals surface area contributed by atoms with Gasteiger partial charge in [-0.15, -0.1) is 0 Å². The zero-order valence-electron chi connectivity index (χ0n) is 14.8. The van der Waals surface area contributed by atoms with Gasteiger partial charge in [0.1, 0.15) is 0 Å². The van der Waals surface area contributed by atoms with Gasteiger partial charge >= 0.3 is 0 Å². The third-order valence-electron chi connectivity index (χ3n) is 4.89. The maximum Gasteiger partial charge on any atom is 0.272 e. The highest BCUT2D eigenvalue weighted by Crippen LogP contribution is 2.30. The number of nitrogens with zero attached hydrogens (tertiary/aromatic N) is 5. The van der Waals surface area contributed by atoms with Crippen molar-refractivity contribution in [3.8, 4) is 0 Å². The fourth-order valence-corrected chi connectivity index (χ4v) is 3.60. The molecule has 1 N–H and O–H groups in total. The van der Waals surface area contributed by atoms with Gasteiger partial charge in [0.15, 0.2) is 5.65 Å². The van der Waals surface area contributed by atoms with Crippen LogP contribution in [0, 0.1) is 6.92 Å². The topological polar surface area (TPSA) is 88.3 Å². The van der Waals surface area contributed by atoms with Crippen molar-refractivity contribution in [3.63, 3.8) is 0 Å². The number of fused-ring (bicyclic) bond motifs is 1. The molecule has 3 aromatic heterocycles. The number of rotatable bonds is 4. The van der Waals surface area contributed by atoms with E-state index in [-0.39, 0.29) is 17.5 Å². The van der Waals surface area contributed by atoms with Crippen molar-refractivity contribution in [2.24, 2.45) is 0 Å². The second-order valence-electron chi connectivity index (χ2n) is 6.74. The SMILES string of the molecule is Cc1ccn(CCC(=O)N2CCCC[C@@H]2c2cc(=O)n3[nH]ccc3n2)n1. The zero-order chi connectivity index (χ0) is 18.1. The first-order valence-electron chi connectivity index (χ1n) is 8.98. The lowest BCUT2D eigenvalue weighted by Crippen LogP contribution is -2.39. The minimum absolute atomic E-state index is 0.0823. The Balaban J connectivity index is 1.55. The lowest BCUT2D eigenvalue weighted by atomic mass is 9.98. The molecule has 1 atom stereocenters. The van der Waals surface area contributed by atoms with Crippen molar-refractivity contribution in [1.29, 1.82) is 0 Å². The number of carbonyl (C=O) groups excluding carboxylic acids is 1. The molecule has 1 aliphatic heterocycles. The number of H-pyrrole nitrogens is 1. The molecular weight excluding hydrogens is 332 g/mol. The molecule has 0 radical (unpaired) electrons. The first-order chi connectivity index (χ1) is 12.6. The van der Waals surface area contributed by atoms with Crippen LogP contribution in [0.4, 0.5) is 0 Å². The van der Waals surface area contributed by atoms with Crippen LogP contribution < -0.4 is 5.56 Å². The molecule has 0 aromatic carbocycles. The van der Waals surface area contributed by atoms with Crippen LogP contribution in [0.2, 0.25) is 0 Å². The number of aromatic nitrogens is 5. The van der Waals surface area contributed by atoms with Crippen LogP contribution in [-0.4, -0.2) is 41.7 Å². The van der Waals surface area contributed by atoms with Crippen LogP contribution in [0.15, 0.2) is 35.4 Å². The molecule has 0 unspecified atom stereocenters. The first kappa shape index (κ1) is 16.6. The number of hydrogen-bond donors (Lipinski definition) is 1. The van der Waals surface area contributed by atoms with E-state index in [4.69, 9.17) is 0 Å². The molecule has 1 fully saturated rings. The van der Waals surface area contributed by atoms with Gasteiger partial charge in [0.05, 0.1) is 17.4 Å². The van der Waals surface area contributed by atoms with E-state index in [0.717, 1.165) is 25.0 Å². The van der Waals surface area contributed by atoms with Gasteiger partial charge in [-0.1, -0.05) is 0 Å². The summed E-state index contributed by atoms with van der Waals surface area (Å²) in [5, 5.41) is 7.17. The molecule has 136 valence electrons. The monoisotopic (exact) mass is 354 g/mol. The Morgan fingerprint density at radius 3 is 3.04 bits per heavy atom. The van der Waals surface area contributed by atoms with E-state index >= 15 is 0 Å². The maximum atomic E-state index is 12.8. The largest absolute Gasteiger partial charge is 0.334 e. The maximum absolute atomic E-state index is 12.8. The highest BCUT2D eigenvalue weighted by atomic mass is 16.2. The molecule has 3 aromatic rings. The van der Waals surface area contributed by atoms with Gasteiger partial charge in [-0.3, -0.25) is 19.4 Å². The first-order valence-corrected chi connectivity index (χ1v) is 8.98. The van der Waals surface area contributed by atoms with Crippen molar-refractivity contribution >= 4 is 11.6 Å². The summed E-state index contributed by atoms with van der Waals surface area (Å²) in [6.45, 7) is 3.19. The Bertz CT molecular complexity index is 985. The van der Waals surface area contributed by atoms with Crippen molar-refractivity contribution in [2.45, 2.75) is 45.2 Å². The number of amides is 1. The molecule has 8 heteroatoms. The third-order valence-corrected chi connectivity index (χ3v) is 4.89. The molecule has 8 nitrogen and oxygen atoms in total. The van der Waals surface area contributed by atoms with E-state index < -0.39 is 0 Å². The van der Waals surface area contributed by atoms with Crippen LogP contribution in [-0.2, 0) is 11.3 Å². The van der Waals surface area contributed by atoms with Crippen molar-refractivity contribution in [2.75, 3.05) is 6.54 Å². The van der Waals surface area contributed by atoms with E-state index in [0.29, 0.717) is 30.9 Å². The van der Waals surface area contributed by atoms with Gasteiger partial charge in [-0.25, -0.2) is 9.50 Å². The second kappa shape index (κ2) is 6.78. The summed E-state index contributed by atoms with van der Waals surface area (Å²) in [7, 11) is 0. The van der Waals surface area contributed by atoms with E-state index in [9.17, 15) is 9.59 Å². The molecular formula is C18H22N6O2. The molecule has 1 amide bonds. The number of aryl methyl sites for hydroxylation is 2. The quantitative estimate of drug-likeness (QED) is 0.772. The van der Waals surface area contributed by atoms with Gasteiger partial charge in [-0.05, 0) is 32.3 Å². The molecule has 0 bridgehead atoms. The highest BCUT2D eigenvalue weighted by Gasteiger charge is 2.29. The summed E-state index contributed by atoms with van der Waals surface area (Å²) in [6, 6.07) is 5.09. The number of piperidine rings is 1. The van der Waals surface area contributed by atoms with Crippen LogP contribution >= 0.6 is 0 Å². The Hall–Kier alpha value is -2.90.